The van der Waals surface area contributed by atoms with Gasteiger partial charge in [0.1, 0.15) is 0 Å². The number of hydrogen-bond acceptors (Lipinski definition) is 4. The summed E-state index contributed by atoms with van der Waals surface area (Å²) in [5.41, 5.74) is 0. The van der Waals surface area contributed by atoms with Crippen LogP contribution in [-0.2, 0) is 18.9 Å². The van der Waals surface area contributed by atoms with Gasteiger partial charge in [-0.2, -0.15) is 0 Å². The second-order valence-corrected chi connectivity index (χ2v) is 7.85. The van der Waals surface area contributed by atoms with Crippen LogP contribution < -0.4 is 0 Å². The van der Waals surface area contributed by atoms with Crippen molar-refractivity contribution in [2.75, 3.05) is 19.8 Å². The lowest BCUT2D eigenvalue weighted by Crippen LogP contribution is -2.50. The summed E-state index contributed by atoms with van der Waals surface area (Å²) < 4.78 is 24.4. The lowest BCUT2D eigenvalue weighted by atomic mass is 9.76. The summed E-state index contributed by atoms with van der Waals surface area (Å²) in [6.45, 7) is 10.2. The Hall–Kier alpha value is -0.160. The van der Waals surface area contributed by atoms with Crippen molar-refractivity contribution in [3.05, 3.63) is 0 Å². The van der Waals surface area contributed by atoms with Gasteiger partial charge in [0, 0.05) is 25.7 Å². The first-order valence-corrected chi connectivity index (χ1v) is 11.3. The first-order valence-electron chi connectivity index (χ1n) is 11.3. The van der Waals surface area contributed by atoms with Crippen molar-refractivity contribution < 1.29 is 18.9 Å². The minimum absolute atomic E-state index is 0.290. The molecule has 0 spiro atoms. The van der Waals surface area contributed by atoms with Crippen molar-refractivity contribution in [2.45, 2.75) is 110 Å². The SMILES string of the molecule is CCCCCCCCC(C1CCC2OC2C1)C(OCC)(OCC)OCC. The van der Waals surface area contributed by atoms with E-state index in [0.717, 1.165) is 12.8 Å². The fourth-order valence-electron chi connectivity index (χ4n) is 4.70. The zero-order valence-electron chi connectivity index (χ0n) is 17.6. The van der Waals surface area contributed by atoms with E-state index < -0.39 is 5.97 Å². The number of epoxide rings is 1. The first-order chi connectivity index (χ1) is 12.7. The van der Waals surface area contributed by atoms with Crippen LogP contribution in [-0.4, -0.2) is 38.0 Å². The van der Waals surface area contributed by atoms with E-state index in [1.807, 2.05) is 20.8 Å². The van der Waals surface area contributed by atoms with Crippen LogP contribution in [0.3, 0.4) is 0 Å². The molecule has 1 heterocycles. The molecule has 154 valence electrons. The van der Waals surface area contributed by atoms with Gasteiger partial charge in [0.25, 0.3) is 5.97 Å². The van der Waals surface area contributed by atoms with Gasteiger partial charge in [-0.15, -0.1) is 0 Å². The van der Waals surface area contributed by atoms with E-state index in [2.05, 4.69) is 6.92 Å². The second kappa shape index (κ2) is 11.6. The molecule has 2 aliphatic rings. The van der Waals surface area contributed by atoms with Crippen molar-refractivity contribution >= 4 is 0 Å². The quantitative estimate of drug-likeness (QED) is 0.211. The summed E-state index contributed by atoms with van der Waals surface area (Å²) in [5, 5.41) is 0. The van der Waals surface area contributed by atoms with Gasteiger partial charge < -0.3 is 18.9 Å². The third-order valence-electron chi connectivity index (χ3n) is 5.97. The molecule has 1 saturated heterocycles. The summed E-state index contributed by atoms with van der Waals surface area (Å²) in [4.78, 5) is 0. The van der Waals surface area contributed by atoms with Crippen LogP contribution in [0.15, 0.2) is 0 Å². The van der Waals surface area contributed by atoms with E-state index in [1.54, 1.807) is 0 Å². The lowest BCUT2D eigenvalue weighted by Gasteiger charge is -2.43. The molecular weight excluding hydrogens is 328 g/mol. The van der Waals surface area contributed by atoms with Crippen LogP contribution in [0, 0.1) is 11.8 Å². The monoisotopic (exact) mass is 370 g/mol. The first kappa shape index (κ1) is 22.1. The Morgan fingerprint density at radius 2 is 1.42 bits per heavy atom. The molecule has 0 aromatic heterocycles. The highest BCUT2D eigenvalue weighted by molar-refractivity contribution is 4.95. The molecule has 1 aliphatic heterocycles. The van der Waals surface area contributed by atoms with Gasteiger partial charge in [-0.1, -0.05) is 45.4 Å². The second-order valence-electron chi connectivity index (χ2n) is 7.85. The normalized spacial score (nSPS) is 26.5. The van der Waals surface area contributed by atoms with E-state index in [9.17, 15) is 0 Å². The average molecular weight is 371 g/mol. The molecular formula is C22H42O4. The maximum absolute atomic E-state index is 6.18. The minimum Gasteiger partial charge on any atom is -0.370 e. The summed E-state index contributed by atoms with van der Waals surface area (Å²) in [7, 11) is 0. The maximum atomic E-state index is 6.18. The fourth-order valence-corrected chi connectivity index (χ4v) is 4.70. The molecule has 0 amide bonds. The summed E-state index contributed by atoms with van der Waals surface area (Å²) >= 11 is 0. The van der Waals surface area contributed by atoms with Crippen molar-refractivity contribution in [3.8, 4) is 0 Å². The minimum atomic E-state index is -0.881. The van der Waals surface area contributed by atoms with Crippen LogP contribution >= 0.6 is 0 Å². The number of hydrogen-bond donors (Lipinski definition) is 0. The van der Waals surface area contributed by atoms with Crippen LogP contribution in [0.2, 0.25) is 0 Å². The lowest BCUT2D eigenvalue weighted by molar-refractivity contribution is -0.409. The van der Waals surface area contributed by atoms with Crippen LogP contribution in [0.25, 0.3) is 0 Å². The van der Waals surface area contributed by atoms with Crippen LogP contribution in [0.5, 0.6) is 0 Å². The maximum Gasteiger partial charge on any atom is 0.286 e. The zero-order chi connectivity index (χ0) is 18.8. The Balaban J connectivity index is 2.02. The number of ether oxygens (including phenoxy) is 4. The van der Waals surface area contributed by atoms with E-state index in [4.69, 9.17) is 18.9 Å². The Morgan fingerprint density at radius 3 is 2.00 bits per heavy atom. The molecule has 4 atom stereocenters. The summed E-state index contributed by atoms with van der Waals surface area (Å²) in [5.74, 6) is -0.0219. The summed E-state index contributed by atoms with van der Waals surface area (Å²) in [6.07, 6.45) is 13.5. The molecule has 0 aromatic carbocycles. The van der Waals surface area contributed by atoms with Gasteiger partial charge >= 0.3 is 0 Å². The molecule has 0 radical (unpaired) electrons. The molecule has 0 bridgehead atoms. The van der Waals surface area contributed by atoms with Crippen LogP contribution in [0.4, 0.5) is 0 Å². The number of unbranched alkanes of at least 4 members (excludes halogenated alkanes) is 5. The third kappa shape index (κ3) is 6.19. The Morgan fingerprint density at radius 1 is 0.808 bits per heavy atom. The highest BCUT2D eigenvalue weighted by Gasteiger charge is 2.52. The fraction of sp³-hybridized carbons (Fsp3) is 1.00. The molecule has 4 heteroatoms. The topological polar surface area (TPSA) is 40.2 Å². The van der Waals surface area contributed by atoms with Crippen molar-refractivity contribution in [1.82, 2.24) is 0 Å². The Kier molecular flexibility index (Phi) is 9.90. The highest BCUT2D eigenvalue weighted by Crippen LogP contribution is 2.47. The van der Waals surface area contributed by atoms with Gasteiger partial charge in [0.05, 0.1) is 12.2 Å². The van der Waals surface area contributed by atoms with Gasteiger partial charge in [0.2, 0.25) is 0 Å². The largest absolute Gasteiger partial charge is 0.370 e. The van der Waals surface area contributed by atoms with Gasteiger partial charge in [0.15, 0.2) is 0 Å². The smallest absolute Gasteiger partial charge is 0.286 e. The van der Waals surface area contributed by atoms with Gasteiger partial charge in [-0.05, 0) is 52.4 Å². The molecule has 2 fully saturated rings. The third-order valence-corrected chi connectivity index (χ3v) is 5.97. The molecule has 0 aromatic rings. The van der Waals surface area contributed by atoms with Gasteiger partial charge in [-0.3, -0.25) is 0 Å². The van der Waals surface area contributed by atoms with Crippen LogP contribution in [0.1, 0.15) is 91.9 Å². The Labute approximate surface area is 161 Å². The molecule has 1 saturated carbocycles. The molecule has 26 heavy (non-hydrogen) atoms. The number of fused-ring (bicyclic) bond motifs is 1. The zero-order valence-corrected chi connectivity index (χ0v) is 17.6. The highest BCUT2D eigenvalue weighted by atomic mass is 16.9. The van der Waals surface area contributed by atoms with Crippen molar-refractivity contribution in [1.29, 1.82) is 0 Å². The number of rotatable bonds is 15. The van der Waals surface area contributed by atoms with Crippen molar-refractivity contribution in [2.24, 2.45) is 11.8 Å². The van der Waals surface area contributed by atoms with E-state index in [0.29, 0.717) is 43.9 Å². The van der Waals surface area contributed by atoms with E-state index >= 15 is 0 Å². The molecule has 4 unspecified atom stereocenters. The molecule has 2 rings (SSSR count). The Bertz CT molecular complexity index is 356. The molecule has 1 aliphatic carbocycles. The molecule has 0 N–H and O–H groups in total. The van der Waals surface area contributed by atoms with E-state index in [1.165, 1.54) is 51.4 Å². The predicted molar refractivity (Wildman–Crippen MR) is 105 cm³/mol. The van der Waals surface area contributed by atoms with E-state index in [-0.39, 0.29) is 0 Å². The van der Waals surface area contributed by atoms with Crippen molar-refractivity contribution in [3.63, 3.8) is 0 Å². The standard InChI is InChI=1S/C22H42O4/c1-5-9-10-11-12-13-14-19(18-15-16-20-21(17-18)26-20)22(23-6-2,24-7-3)25-8-4/h18-21H,5-17H2,1-4H3. The van der Waals surface area contributed by atoms with Gasteiger partial charge in [-0.25, -0.2) is 0 Å². The average Bonchev–Trinajstić information content (AvgIpc) is 3.40. The molecule has 4 nitrogen and oxygen atoms in total. The predicted octanol–water partition coefficient (Wildman–Crippen LogP) is 5.68. The summed E-state index contributed by atoms with van der Waals surface area (Å²) in [6, 6.07) is 0.